The van der Waals surface area contributed by atoms with E-state index in [0.29, 0.717) is 18.2 Å². The van der Waals surface area contributed by atoms with Crippen molar-refractivity contribution in [2.75, 3.05) is 6.54 Å². The van der Waals surface area contributed by atoms with Crippen LogP contribution in [0.15, 0.2) is 36.4 Å². The van der Waals surface area contributed by atoms with Gasteiger partial charge in [0, 0.05) is 18.2 Å². The summed E-state index contributed by atoms with van der Waals surface area (Å²) in [4.78, 5) is 2.61. The highest BCUT2D eigenvalue weighted by atomic mass is 16.5. The first-order valence-corrected chi connectivity index (χ1v) is 10.8. The van der Waals surface area contributed by atoms with Crippen LogP contribution in [0.4, 0.5) is 0 Å². The Morgan fingerprint density at radius 3 is 2.69 bits per heavy atom. The molecule has 0 radical (unpaired) electrons. The molecule has 1 heterocycles. The van der Waals surface area contributed by atoms with Crippen LogP contribution in [0.3, 0.4) is 0 Å². The third-order valence-corrected chi connectivity index (χ3v) is 6.08. The first-order valence-electron chi connectivity index (χ1n) is 10.8. The summed E-state index contributed by atoms with van der Waals surface area (Å²) in [6.07, 6.45) is 3.79. The van der Waals surface area contributed by atoms with Gasteiger partial charge >= 0.3 is 0 Å². The number of hydrogen-bond acceptors (Lipinski definition) is 3. The smallest absolute Gasteiger partial charge is 0.124 e. The van der Waals surface area contributed by atoms with Crippen LogP contribution in [0.2, 0.25) is 0 Å². The zero-order valence-corrected chi connectivity index (χ0v) is 18.6. The molecule has 1 atom stereocenters. The van der Waals surface area contributed by atoms with Crippen molar-refractivity contribution in [3.05, 3.63) is 64.2 Å². The highest BCUT2D eigenvalue weighted by molar-refractivity contribution is 5.46. The van der Waals surface area contributed by atoms with Gasteiger partial charge in [0.25, 0.3) is 0 Å². The molecule has 0 unspecified atom stereocenters. The second-order valence-electron chi connectivity index (χ2n) is 9.30. The number of nitrogens with zero attached hydrogens (tertiary/aromatic N) is 2. The molecule has 0 bridgehead atoms. The lowest BCUT2D eigenvalue weighted by molar-refractivity contribution is 0.231. The first kappa shape index (κ1) is 21.4. The van der Waals surface area contributed by atoms with Crippen LogP contribution in [-0.4, -0.2) is 17.5 Å². The van der Waals surface area contributed by atoms with Gasteiger partial charge in [-0.25, -0.2) is 0 Å². The molecule has 0 aromatic heterocycles. The molecule has 0 N–H and O–H groups in total. The zero-order valence-electron chi connectivity index (χ0n) is 18.6. The molecule has 1 saturated heterocycles. The molecule has 1 aliphatic rings. The van der Waals surface area contributed by atoms with E-state index in [1.165, 1.54) is 42.5 Å². The minimum Gasteiger partial charge on any atom is -0.489 e. The Kier molecular flexibility index (Phi) is 6.65. The second-order valence-corrected chi connectivity index (χ2v) is 9.30. The number of ether oxygens (including phenoxy) is 1. The largest absolute Gasteiger partial charge is 0.489 e. The van der Waals surface area contributed by atoms with E-state index in [2.05, 4.69) is 57.7 Å². The Morgan fingerprint density at radius 2 is 2.00 bits per heavy atom. The van der Waals surface area contributed by atoms with Gasteiger partial charge in [0.15, 0.2) is 0 Å². The Morgan fingerprint density at radius 1 is 1.21 bits per heavy atom. The second kappa shape index (κ2) is 9.01. The summed E-state index contributed by atoms with van der Waals surface area (Å²) in [6.45, 7) is 13.8. The van der Waals surface area contributed by atoms with E-state index >= 15 is 0 Å². The fourth-order valence-electron chi connectivity index (χ4n) is 4.21. The molecular formula is C26H34N2O. The lowest BCUT2D eigenvalue weighted by Gasteiger charge is -2.28. The van der Waals surface area contributed by atoms with Gasteiger partial charge in [-0.15, -0.1) is 0 Å². The van der Waals surface area contributed by atoms with Gasteiger partial charge in [-0.2, -0.15) is 5.26 Å². The van der Waals surface area contributed by atoms with Gasteiger partial charge < -0.3 is 4.74 Å². The number of nitriles is 1. The van der Waals surface area contributed by atoms with E-state index in [-0.39, 0.29) is 5.41 Å². The maximum atomic E-state index is 9.16. The van der Waals surface area contributed by atoms with E-state index in [4.69, 9.17) is 10.00 Å². The third kappa shape index (κ3) is 5.19. The van der Waals surface area contributed by atoms with E-state index in [0.717, 1.165) is 17.9 Å². The predicted octanol–water partition coefficient (Wildman–Crippen LogP) is 6.12. The lowest BCUT2D eigenvalue weighted by atomic mass is 9.85. The van der Waals surface area contributed by atoms with Crippen molar-refractivity contribution < 1.29 is 4.74 Å². The Balaban J connectivity index is 1.90. The van der Waals surface area contributed by atoms with Crippen LogP contribution >= 0.6 is 0 Å². The quantitative estimate of drug-likeness (QED) is 0.596. The normalized spacial score (nSPS) is 17.3. The summed E-state index contributed by atoms with van der Waals surface area (Å²) in [7, 11) is 0. The molecule has 3 heteroatoms. The molecule has 1 aliphatic heterocycles. The molecular weight excluding hydrogens is 356 g/mol. The Hall–Kier alpha value is -2.31. The minimum atomic E-state index is 0.0712. The van der Waals surface area contributed by atoms with Crippen molar-refractivity contribution in [1.29, 1.82) is 5.26 Å². The van der Waals surface area contributed by atoms with Crippen molar-refractivity contribution >= 4 is 0 Å². The van der Waals surface area contributed by atoms with Gasteiger partial charge in [-0.3, -0.25) is 4.90 Å². The predicted molar refractivity (Wildman–Crippen MR) is 119 cm³/mol. The molecule has 3 nitrogen and oxygen atoms in total. The van der Waals surface area contributed by atoms with E-state index in [1.807, 2.05) is 24.3 Å². The number of likely N-dealkylation sites (tertiary alicyclic amines) is 1. The third-order valence-electron chi connectivity index (χ3n) is 6.08. The Labute approximate surface area is 176 Å². The molecule has 2 aromatic carbocycles. The van der Waals surface area contributed by atoms with Gasteiger partial charge in [-0.05, 0) is 73.0 Å². The SMILES string of the molecule is CC[C@@H]1CCCN1Cc1c(C)cc(C(C)(C)C)cc1OCc1cccc(C#N)c1. The van der Waals surface area contributed by atoms with Crippen LogP contribution in [0.5, 0.6) is 5.75 Å². The number of benzene rings is 2. The van der Waals surface area contributed by atoms with Gasteiger partial charge in [0.1, 0.15) is 12.4 Å². The van der Waals surface area contributed by atoms with Crippen LogP contribution in [-0.2, 0) is 18.6 Å². The fraction of sp³-hybridized carbons (Fsp3) is 0.500. The van der Waals surface area contributed by atoms with Crippen LogP contribution < -0.4 is 4.74 Å². The van der Waals surface area contributed by atoms with Crippen molar-refractivity contribution in [3.8, 4) is 11.8 Å². The number of hydrogen-bond donors (Lipinski definition) is 0. The molecule has 0 amide bonds. The average molecular weight is 391 g/mol. The monoisotopic (exact) mass is 390 g/mol. The van der Waals surface area contributed by atoms with Gasteiger partial charge in [0.05, 0.1) is 11.6 Å². The highest BCUT2D eigenvalue weighted by Gasteiger charge is 2.25. The summed E-state index contributed by atoms with van der Waals surface area (Å²) in [5.74, 6) is 0.985. The molecule has 0 saturated carbocycles. The highest BCUT2D eigenvalue weighted by Crippen LogP contribution is 2.34. The van der Waals surface area contributed by atoms with Crippen molar-refractivity contribution in [1.82, 2.24) is 4.90 Å². The topological polar surface area (TPSA) is 36.3 Å². The van der Waals surface area contributed by atoms with Gasteiger partial charge in [0.2, 0.25) is 0 Å². The Bertz CT molecular complexity index is 889. The summed E-state index contributed by atoms with van der Waals surface area (Å²) in [5, 5.41) is 9.16. The number of aryl methyl sites for hydroxylation is 1. The van der Waals surface area contributed by atoms with Crippen molar-refractivity contribution in [3.63, 3.8) is 0 Å². The maximum Gasteiger partial charge on any atom is 0.124 e. The van der Waals surface area contributed by atoms with Crippen LogP contribution in [0, 0.1) is 18.3 Å². The summed E-state index contributed by atoms with van der Waals surface area (Å²) >= 11 is 0. The molecule has 0 spiro atoms. The molecule has 2 aromatic rings. The minimum absolute atomic E-state index is 0.0712. The van der Waals surface area contributed by atoms with E-state index < -0.39 is 0 Å². The van der Waals surface area contributed by atoms with E-state index in [1.54, 1.807) is 0 Å². The van der Waals surface area contributed by atoms with Crippen LogP contribution in [0.1, 0.15) is 74.8 Å². The number of rotatable bonds is 6. The summed E-state index contributed by atoms with van der Waals surface area (Å²) in [6, 6.07) is 15.1. The molecule has 1 fully saturated rings. The summed E-state index contributed by atoms with van der Waals surface area (Å²) in [5.41, 5.74) is 5.68. The summed E-state index contributed by atoms with van der Waals surface area (Å²) < 4.78 is 6.38. The molecule has 3 rings (SSSR count). The zero-order chi connectivity index (χ0) is 21.0. The molecule has 0 aliphatic carbocycles. The molecule has 29 heavy (non-hydrogen) atoms. The van der Waals surface area contributed by atoms with Gasteiger partial charge in [-0.1, -0.05) is 45.9 Å². The van der Waals surface area contributed by atoms with Crippen molar-refractivity contribution in [2.45, 2.75) is 78.5 Å². The lowest BCUT2D eigenvalue weighted by Crippen LogP contribution is -2.29. The average Bonchev–Trinajstić information content (AvgIpc) is 3.14. The first-order chi connectivity index (χ1) is 13.8. The molecule has 154 valence electrons. The fourth-order valence-corrected chi connectivity index (χ4v) is 4.21. The standard InChI is InChI=1S/C26H34N2O/c1-6-23-11-8-12-28(23)17-24-19(2)13-22(26(3,4)5)15-25(24)29-18-21-10-7-9-20(14-21)16-27/h7,9-10,13-15,23H,6,8,11-12,17-18H2,1-5H3/t23-/m1/s1. The van der Waals surface area contributed by atoms with Crippen molar-refractivity contribution in [2.24, 2.45) is 0 Å². The van der Waals surface area contributed by atoms with Crippen LogP contribution in [0.25, 0.3) is 0 Å². The van der Waals surface area contributed by atoms with E-state index in [9.17, 15) is 0 Å². The maximum absolute atomic E-state index is 9.16.